The molecule has 62 valence electrons. The standard InChI is InChI=1S/C8H13NOS/c9-4-3-8(1-2-8)7-11-6-5-10/h10H,1-3,5-7H2. The van der Waals surface area contributed by atoms with Crippen molar-refractivity contribution in [1.82, 2.24) is 0 Å². The van der Waals surface area contributed by atoms with E-state index in [1.54, 1.807) is 11.8 Å². The van der Waals surface area contributed by atoms with E-state index in [0.717, 1.165) is 11.5 Å². The van der Waals surface area contributed by atoms with Crippen LogP contribution in [-0.2, 0) is 0 Å². The van der Waals surface area contributed by atoms with Crippen molar-refractivity contribution in [2.24, 2.45) is 5.41 Å². The molecule has 0 aromatic carbocycles. The summed E-state index contributed by atoms with van der Waals surface area (Å²) in [5, 5.41) is 17.0. The summed E-state index contributed by atoms with van der Waals surface area (Å²) in [6, 6.07) is 2.22. The first kappa shape index (κ1) is 8.89. The minimum atomic E-state index is 0.257. The lowest BCUT2D eigenvalue weighted by Crippen LogP contribution is -2.03. The van der Waals surface area contributed by atoms with Crippen LogP contribution in [0.15, 0.2) is 0 Å². The Hall–Kier alpha value is -0.200. The van der Waals surface area contributed by atoms with Crippen LogP contribution in [0.1, 0.15) is 19.3 Å². The molecule has 0 radical (unpaired) electrons. The van der Waals surface area contributed by atoms with Crippen LogP contribution in [0.2, 0.25) is 0 Å². The van der Waals surface area contributed by atoms with E-state index in [9.17, 15) is 0 Å². The van der Waals surface area contributed by atoms with Gasteiger partial charge in [0.25, 0.3) is 0 Å². The van der Waals surface area contributed by atoms with Gasteiger partial charge in [0.2, 0.25) is 0 Å². The molecule has 2 nitrogen and oxygen atoms in total. The number of hydrogen-bond donors (Lipinski definition) is 1. The number of aliphatic hydroxyl groups excluding tert-OH is 1. The Morgan fingerprint density at radius 1 is 1.55 bits per heavy atom. The first-order valence-corrected chi connectivity index (χ1v) is 5.04. The van der Waals surface area contributed by atoms with Crippen LogP contribution in [0.5, 0.6) is 0 Å². The van der Waals surface area contributed by atoms with Crippen molar-refractivity contribution in [3.8, 4) is 6.07 Å². The molecule has 0 atom stereocenters. The largest absolute Gasteiger partial charge is 0.396 e. The smallest absolute Gasteiger partial charge is 0.0627 e. The van der Waals surface area contributed by atoms with Crippen molar-refractivity contribution >= 4 is 11.8 Å². The molecule has 3 heteroatoms. The minimum absolute atomic E-state index is 0.257. The van der Waals surface area contributed by atoms with Gasteiger partial charge in [0.15, 0.2) is 0 Å². The van der Waals surface area contributed by atoms with Gasteiger partial charge in [0.1, 0.15) is 0 Å². The van der Waals surface area contributed by atoms with E-state index in [1.165, 1.54) is 12.8 Å². The summed E-state index contributed by atoms with van der Waals surface area (Å²) in [6.07, 6.45) is 3.11. The van der Waals surface area contributed by atoms with Crippen molar-refractivity contribution in [1.29, 1.82) is 5.26 Å². The predicted molar refractivity (Wildman–Crippen MR) is 46.3 cm³/mol. The molecule has 1 aliphatic carbocycles. The quantitative estimate of drug-likeness (QED) is 0.636. The highest BCUT2D eigenvalue weighted by molar-refractivity contribution is 7.99. The molecule has 0 bridgehead atoms. The molecule has 0 amide bonds. The van der Waals surface area contributed by atoms with Crippen LogP contribution in [0.25, 0.3) is 0 Å². The molecule has 1 saturated carbocycles. The first-order valence-electron chi connectivity index (χ1n) is 3.88. The van der Waals surface area contributed by atoms with Gasteiger partial charge in [0, 0.05) is 12.2 Å². The van der Waals surface area contributed by atoms with Crippen molar-refractivity contribution in [3.63, 3.8) is 0 Å². The lowest BCUT2D eigenvalue weighted by Gasteiger charge is -2.08. The topological polar surface area (TPSA) is 44.0 Å². The van der Waals surface area contributed by atoms with Crippen LogP contribution in [0, 0.1) is 16.7 Å². The molecule has 0 aromatic heterocycles. The lowest BCUT2D eigenvalue weighted by molar-refractivity contribution is 0.322. The number of rotatable bonds is 5. The van der Waals surface area contributed by atoms with Crippen molar-refractivity contribution in [3.05, 3.63) is 0 Å². The number of hydrogen-bond acceptors (Lipinski definition) is 3. The monoisotopic (exact) mass is 171 g/mol. The van der Waals surface area contributed by atoms with Crippen LogP contribution < -0.4 is 0 Å². The highest BCUT2D eigenvalue weighted by Crippen LogP contribution is 2.50. The molecule has 0 saturated heterocycles. The third-order valence-electron chi connectivity index (χ3n) is 2.06. The van der Waals surface area contributed by atoms with E-state index in [4.69, 9.17) is 10.4 Å². The van der Waals surface area contributed by atoms with E-state index < -0.39 is 0 Å². The molecular weight excluding hydrogens is 158 g/mol. The molecular formula is C8H13NOS. The van der Waals surface area contributed by atoms with Gasteiger partial charge < -0.3 is 5.11 Å². The van der Waals surface area contributed by atoms with E-state index >= 15 is 0 Å². The van der Waals surface area contributed by atoms with Crippen LogP contribution in [0.3, 0.4) is 0 Å². The first-order chi connectivity index (χ1) is 5.33. The summed E-state index contributed by atoms with van der Waals surface area (Å²) in [4.78, 5) is 0. The third kappa shape index (κ3) is 2.72. The van der Waals surface area contributed by atoms with Gasteiger partial charge in [-0.05, 0) is 24.0 Å². The summed E-state index contributed by atoms with van der Waals surface area (Å²) in [6.45, 7) is 0.257. The maximum Gasteiger partial charge on any atom is 0.0627 e. The van der Waals surface area contributed by atoms with Gasteiger partial charge >= 0.3 is 0 Å². The van der Waals surface area contributed by atoms with Gasteiger partial charge in [-0.25, -0.2) is 0 Å². The molecule has 0 unspecified atom stereocenters. The number of nitriles is 1. The zero-order chi connectivity index (χ0) is 8.16. The van der Waals surface area contributed by atoms with Crippen molar-refractivity contribution in [2.75, 3.05) is 18.1 Å². The Kier molecular flexibility index (Phi) is 3.22. The Balaban J connectivity index is 2.10. The van der Waals surface area contributed by atoms with Crippen LogP contribution in [0.4, 0.5) is 0 Å². The van der Waals surface area contributed by atoms with E-state index in [0.29, 0.717) is 11.8 Å². The van der Waals surface area contributed by atoms with E-state index in [2.05, 4.69) is 6.07 Å². The summed E-state index contributed by atoms with van der Waals surface area (Å²) in [7, 11) is 0. The van der Waals surface area contributed by atoms with Crippen LogP contribution in [-0.4, -0.2) is 23.2 Å². The molecule has 1 fully saturated rings. The number of nitrogens with zero attached hydrogens (tertiary/aromatic N) is 1. The molecule has 0 heterocycles. The predicted octanol–water partition coefficient (Wildman–Crippen LogP) is 1.41. The molecule has 1 aliphatic rings. The molecule has 0 aliphatic heterocycles. The fourth-order valence-electron chi connectivity index (χ4n) is 1.07. The Bertz CT molecular complexity index is 160. The molecule has 1 rings (SSSR count). The fourth-order valence-corrected chi connectivity index (χ4v) is 2.17. The summed E-state index contributed by atoms with van der Waals surface area (Å²) in [5.41, 5.74) is 0.342. The average molecular weight is 171 g/mol. The molecule has 0 spiro atoms. The fraction of sp³-hybridized carbons (Fsp3) is 0.875. The Morgan fingerprint density at radius 2 is 2.27 bits per heavy atom. The van der Waals surface area contributed by atoms with Gasteiger partial charge in [-0.2, -0.15) is 17.0 Å². The van der Waals surface area contributed by atoms with Gasteiger partial charge in [-0.1, -0.05) is 0 Å². The summed E-state index contributed by atoms with van der Waals surface area (Å²) < 4.78 is 0. The highest BCUT2D eigenvalue weighted by atomic mass is 32.2. The second-order valence-electron chi connectivity index (χ2n) is 3.11. The second kappa shape index (κ2) is 3.99. The normalized spacial score (nSPS) is 19.3. The lowest BCUT2D eigenvalue weighted by atomic mass is 10.1. The summed E-state index contributed by atoms with van der Waals surface area (Å²) in [5.74, 6) is 1.87. The van der Waals surface area contributed by atoms with Crippen molar-refractivity contribution in [2.45, 2.75) is 19.3 Å². The van der Waals surface area contributed by atoms with Gasteiger partial charge in [-0.3, -0.25) is 0 Å². The molecule has 0 aromatic rings. The van der Waals surface area contributed by atoms with E-state index in [1.807, 2.05) is 0 Å². The van der Waals surface area contributed by atoms with Crippen molar-refractivity contribution < 1.29 is 5.11 Å². The molecule has 1 N–H and O–H groups in total. The Labute approximate surface area is 71.6 Å². The zero-order valence-corrected chi connectivity index (χ0v) is 7.36. The molecule has 11 heavy (non-hydrogen) atoms. The van der Waals surface area contributed by atoms with Gasteiger partial charge in [-0.15, -0.1) is 0 Å². The SMILES string of the molecule is N#CCC1(CSCCO)CC1. The second-order valence-corrected chi connectivity index (χ2v) is 4.22. The van der Waals surface area contributed by atoms with Crippen LogP contribution >= 0.6 is 11.8 Å². The summed E-state index contributed by atoms with van der Waals surface area (Å²) >= 11 is 1.76. The maximum atomic E-state index is 8.53. The third-order valence-corrected chi connectivity index (χ3v) is 3.34. The minimum Gasteiger partial charge on any atom is -0.396 e. The Morgan fingerprint density at radius 3 is 2.73 bits per heavy atom. The highest BCUT2D eigenvalue weighted by Gasteiger charge is 2.41. The number of aliphatic hydroxyl groups is 1. The van der Waals surface area contributed by atoms with E-state index in [-0.39, 0.29) is 6.61 Å². The number of thioether (sulfide) groups is 1. The maximum absolute atomic E-state index is 8.53. The average Bonchev–Trinajstić information content (AvgIpc) is 2.71. The zero-order valence-electron chi connectivity index (χ0n) is 6.55. The van der Waals surface area contributed by atoms with Gasteiger partial charge in [0.05, 0.1) is 12.7 Å².